The van der Waals surface area contributed by atoms with Crippen LogP contribution in [0.15, 0.2) is 30.3 Å². The zero-order chi connectivity index (χ0) is 27.4. The van der Waals surface area contributed by atoms with Gasteiger partial charge in [0.25, 0.3) is 0 Å². The Morgan fingerprint density at radius 2 is 1.81 bits per heavy atom. The molecule has 2 unspecified atom stereocenters. The van der Waals surface area contributed by atoms with Crippen LogP contribution in [0.3, 0.4) is 0 Å². The lowest BCUT2D eigenvalue weighted by Crippen LogP contribution is -2.57. The van der Waals surface area contributed by atoms with Gasteiger partial charge in [-0.05, 0) is 71.0 Å². The summed E-state index contributed by atoms with van der Waals surface area (Å²) in [6.45, 7) is 7.38. The Kier molecular flexibility index (Phi) is 12.2. The SMILES string of the molecule is CCOC(=O)CCNC(=O)C(c1ccccc1)N(C(=O)C(CCSC)NC(=O)OC(C)(C)C)C1CCC1. The topological polar surface area (TPSA) is 114 Å². The Bertz CT molecular complexity index is 901. The minimum Gasteiger partial charge on any atom is -0.466 e. The lowest BCUT2D eigenvalue weighted by atomic mass is 9.88. The summed E-state index contributed by atoms with van der Waals surface area (Å²) < 4.78 is 10.4. The molecule has 0 radical (unpaired) electrons. The van der Waals surface area contributed by atoms with E-state index in [2.05, 4.69) is 10.6 Å². The Hall–Kier alpha value is -2.75. The molecule has 1 saturated carbocycles. The number of ether oxygens (including phenoxy) is 2. The van der Waals surface area contributed by atoms with E-state index in [-0.39, 0.29) is 37.4 Å². The molecule has 0 spiro atoms. The summed E-state index contributed by atoms with van der Waals surface area (Å²) in [7, 11) is 0. The van der Waals surface area contributed by atoms with Gasteiger partial charge in [-0.25, -0.2) is 4.79 Å². The van der Waals surface area contributed by atoms with Crippen molar-refractivity contribution in [3.63, 3.8) is 0 Å². The van der Waals surface area contributed by atoms with E-state index in [0.717, 1.165) is 19.3 Å². The zero-order valence-electron chi connectivity index (χ0n) is 22.6. The highest BCUT2D eigenvalue weighted by Crippen LogP contribution is 2.34. The van der Waals surface area contributed by atoms with Crippen molar-refractivity contribution in [2.24, 2.45) is 0 Å². The number of nitrogens with zero attached hydrogens (tertiary/aromatic N) is 1. The third-order valence-corrected chi connectivity index (χ3v) is 6.54. The molecule has 206 valence electrons. The molecule has 2 N–H and O–H groups in total. The molecule has 0 aliphatic heterocycles. The number of thioether (sulfide) groups is 1. The van der Waals surface area contributed by atoms with Gasteiger partial charge in [0.1, 0.15) is 17.7 Å². The van der Waals surface area contributed by atoms with Gasteiger partial charge in [-0.15, -0.1) is 0 Å². The second-order valence-electron chi connectivity index (χ2n) is 9.97. The van der Waals surface area contributed by atoms with E-state index in [4.69, 9.17) is 9.47 Å². The van der Waals surface area contributed by atoms with E-state index in [1.165, 1.54) is 0 Å². The average molecular weight is 536 g/mol. The smallest absolute Gasteiger partial charge is 0.408 e. The highest BCUT2D eigenvalue weighted by Gasteiger charge is 2.41. The first-order valence-corrected chi connectivity index (χ1v) is 14.3. The maximum Gasteiger partial charge on any atom is 0.408 e. The van der Waals surface area contributed by atoms with Crippen LogP contribution >= 0.6 is 11.8 Å². The molecule has 2 atom stereocenters. The second kappa shape index (κ2) is 14.9. The van der Waals surface area contributed by atoms with Gasteiger partial charge in [-0.3, -0.25) is 14.4 Å². The van der Waals surface area contributed by atoms with Crippen LogP contribution < -0.4 is 10.6 Å². The Morgan fingerprint density at radius 1 is 1.14 bits per heavy atom. The predicted molar refractivity (Wildman–Crippen MR) is 144 cm³/mol. The molecule has 3 amide bonds. The summed E-state index contributed by atoms with van der Waals surface area (Å²) in [6, 6.07) is 7.23. The monoisotopic (exact) mass is 535 g/mol. The molecule has 0 bridgehead atoms. The van der Waals surface area contributed by atoms with Gasteiger partial charge in [-0.1, -0.05) is 30.3 Å². The first-order chi connectivity index (χ1) is 17.6. The van der Waals surface area contributed by atoms with Crippen LogP contribution in [-0.4, -0.2) is 71.6 Å². The van der Waals surface area contributed by atoms with Gasteiger partial charge < -0.3 is 25.0 Å². The van der Waals surface area contributed by atoms with Crippen molar-refractivity contribution in [2.75, 3.05) is 25.2 Å². The van der Waals surface area contributed by atoms with Gasteiger partial charge >= 0.3 is 12.1 Å². The zero-order valence-corrected chi connectivity index (χ0v) is 23.4. The van der Waals surface area contributed by atoms with Crippen molar-refractivity contribution in [2.45, 2.75) is 83.5 Å². The van der Waals surface area contributed by atoms with Crippen LogP contribution in [0.1, 0.15) is 71.4 Å². The molecule has 2 rings (SSSR count). The third-order valence-electron chi connectivity index (χ3n) is 5.90. The van der Waals surface area contributed by atoms with Crippen LogP contribution in [0.2, 0.25) is 0 Å². The molecule has 1 fully saturated rings. The summed E-state index contributed by atoms with van der Waals surface area (Å²) in [4.78, 5) is 53.6. The summed E-state index contributed by atoms with van der Waals surface area (Å²) in [5, 5.41) is 5.56. The highest BCUT2D eigenvalue weighted by atomic mass is 32.2. The average Bonchev–Trinajstić information content (AvgIpc) is 2.79. The molecule has 1 aliphatic rings. The van der Waals surface area contributed by atoms with Crippen LogP contribution in [0.5, 0.6) is 0 Å². The van der Waals surface area contributed by atoms with Crippen molar-refractivity contribution in [1.82, 2.24) is 15.5 Å². The first-order valence-electron chi connectivity index (χ1n) is 12.9. The van der Waals surface area contributed by atoms with Crippen LogP contribution in [0.4, 0.5) is 4.79 Å². The van der Waals surface area contributed by atoms with Gasteiger partial charge in [0.2, 0.25) is 11.8 Å². The maximum absolute atomic E-state index is 14.1. The minimum atomic E-state index is -0.904. The summed E-state index contributed by atoms with van der Waals surface area (Å²) >= 11 is 1.57. The van der Waals surface area contributed by atoms with Crippen molar-refractivity contribution in [1.29, 1.82) is 0 Å². The molecular weight excluding hydrogens is 494 g/mol. The van der Waals surface area contributed by atoms with E-state index in [1.54, 1.807) is 44.4 Å². The largest absolute Gasteiger partial charge is 0.466 e. The van der Waals surface area contributed by atoms with Crippen LogP contribution in [0.25, 0.3) is 0 Å². The molecule has 1 aromatic carbocycles. The van der Waals surface area contributed by atoms with Crippen molar-refractivity contribution >= 4 is 35.6 Å². The molecular formula is C27H41N3O6S. The number of rotatable bonds is 13. The van der Waals surface area contributed by atoms with E-state index in [1.807, 2.05) is 36.6 Å². The normalized spacial score (nSPS) is 15.1. The van der Waals surface area contributed by atoms with Crippen LogP contribution in [-0.2, 0) is 23.9 Å². The maximum atomic E-state index is 14.1. The number of esters is 1. The fourth-order valence-corrected chi connectivity index (χ4v) is 4.47. The van der Waals surface area contributed by atoms with Gasteiger partial charge in [-0.2, -0.15) is 11.8 Å². The third kappa shape index (κ3) is 9.91. The molecule has 0 saturated heterocycles. The minimum absolute atomic E-state index is 0.0367. The van der Waals surface area contributed by atoms with Crippen molar-refractivity contribution < 1.29 is 28.7 Å². The number of alkyl carbamates (subject to hydrolysis) is 1. The predicted octanol–water partition coefficient (Wildman–Crippen LogP) is 3.82. The molecule has 0 aromatic heterocycles. The summed E-state index contributed by atoms with van der Waals surface area (Å²) in [5.74, 6) is -0.452. The number of hydrogen-bond donors (Lipinski definition) is 2. The van der Waals surface area contributed by atoms with E-state index < -0.39 is 29.7 Å². The second-order valence-corrected chi connectivity index (χ2v) is 11.0. The molecule has 10 heteroatoms. The fourth-order valence-electron chi connectivity index (χ4n) is 4.00. The lowest BCUT2D eigenvalue weighted by molar-refractivity contribution is -0.148. The van der Waals surface area contributed by atoms with E-state index >= 15 is 0 Å². The molecule has 37 heavy (non-hydrogen) atoms. The molecule has 0 heterocycles. The number of benzene rings is 1. The number of nitrogens with one attached hydrogen (secondary N) is 2. The molecule has 1 aromatic rings. The number of carbonyl (C=O) groups is 4. The fraction of sp³-hybridized carbons (Fsp3) is 0.630. The van der Waals surface area contributed by atoms with Crippen LogP contribution in [0, 0.1) is 0 Å². The van der Waals surface area contributed by atoms with Gasteiger partial charge in [0, 0.05) is 12.6 Å². The number of hydrogen-bond acceptors (Lipinski definition) is 7. The first kappa shape index (κ1) is 30.5. The Morgan fingerprint density at radius 3 is 2.35 bits per heavy atom. The summed E-state index contributed by atoms with van der Waals surface area (Å²) in [6.07, 6.45) is 4.19. The van der Waals surface area contributed by atoms with Gasteiger partial charge in [0.05, 0.1) is 13.0 Å². The molecule has 9 nitrogen and oxygen atoms in total. The summed E-state index contributed by atoms with van der Waals surface area (Å²) in [5.41, 5.74) is -0.0479. The Balaban J connectivity index is 2.34. The standard InChI is InChI=1S/C27H41N3O6S/c1-6-35-22(31)15-17-28-24(32)23(19-11-8-7-9-12-19)30(20-13-10-14-20)25(33)21(16-18-37-5)29-26(34)36-27(2,3)4/h7-9,11-12,20-21,23H,6,10,13-18H2,1-5H3,(H,28,32)(H,29,34). The number of carbonyl (C=O) groups excluding carboxylic acids is 4. The van der Waals surface area contributed by atoms with Gasteiger partial charge in [0.15, 0.2) is 0 Å². The molecule has 1 aliphatic carbocycles. The lowest BCUT2D eigenvalue weighted by Gasteiger charge is -2.43. The van der Waals surface area contributed by atoms with E-state index in [9.17, 15) is 19.2 Å². The Labute approximate surface area is 224 Å². The quantitative estimate of drug-likeness (QED) is 0.369. The highest BCUT2D eigenvalue weighted by molar-refractivity contribution is 7.98. The number of amides is 3. The van der Waals surface area contributed by atoms with Crippen molar-refractivity contribution in [3.05, 3.63) is 35.9 Å². The van der Waals surface area contributed by atoms with Crippen molar-refractivity contribution in [3.8, 4) is 0 Å². The van der Waals surface area contributed by atoms with E-state index in [0.29, 0.717) is 17.7 Å².